The summed E-state index contributed by atoms with van der Waals surface area (Å²) in [5, 5.41) is 6.51. The van der Waals surface area contributed by atoms with Gasteiger partial charge in [-0.1, -0.05) is 0 Å². The molecular formula is C12H14N4O3S. The van der Waals surface area contributed by atoms with Crippen LogP contribution in [0.1, 0.15) is 0 Å². The van der Waals surface area contributed by atoms with Crippen LogP contribution in [0.5, 0.6) is 0 Å². The molecule has 7 nitrogen and oxygen atoms in total. The number of rotatable bonds is 4. The molecule has 0 unspecified atom stereocenters. The van der Waals surface area contributed by atoms with Crippen LogP contribution in [0.2, 0.25) is 0 Å². The number of anilines is 1. The number of carbonyl (C=O) groups excluding carboxylic acids is 1. The number of benzene rings is 1. The van der Waals surface area contributed by atoms with Gasteiger partial charge in [-0.05, 0) is 24.3 Å². The smallest absolute Gasteiger partial charge is 0.274 e. The molecule has 20 heavy (non-hydrogen) atoms. The van der Waals surface area contributed by atoms with Gasteiger partial charge in [0.1, 0.15) is 0 Å². The van der Waals surface area contributed by atoms with Crippen molar-refractivity contribution in [3.05, 3.63) is 36.0 Å². The lowest BCUT2D eigenvalue weighted by atomic mass is 10.3. The number of hydrogen-bond acceptors (Lipinski definition) is 5. The van der Waals surface area contributed by atoms with Gasteiger partial charge in [-0.3, -0.25) is 4.79 Å². The lowest BCUT2D eigenvalue weighted by Crippen LogP contribution is -2.22. The van der Waals surface area contributed by atoms with Crippen molar-refractivity contribution in [2.75, 3.05) is 19.4 Å². The Morgan fingerprint density at radius 1 is 1.25 bits per heavy atom. The molecule has 0 bridgehead atoms. The first kappa shape index (κ1) is 14.2. The van der Waals surface area contributed by atoms with E-state index in [0.717, 1.165) is 4.31 Å². The predicted octanol–water partition coefficient (Wildman–Crippen LogP) is 0.348. The molecule has 0 spiro atoms. The van der Waals surface area contributed by atoms with Crippen molar-refractivity contribution >= 4 is 27.8 Å². The third-order valence-corrected chi connectivity index (χ3v) is 4.49. The average molecular weight is 294 g/mol. The fourth-order valence-corrected chi connectivity index (χ4v) is 2.38. The minimum Gasteiger partial charge on any atom is -0.361 e. The Kier molecular flexibility index (Phi) is 3.86. The normalized spacial score (nSPS) is 16.8. The number of amides is 1. The molecule has 0 atom stereocenters. The highest BCUT2D eigenvalue weighted by Crippen LogP contribution is 2.16. The van der Waals surface area contributed by atoms with E-state index in [2.05, 4.69) is 15.8 Å². The Bertz CT molecular complexity index is 675. The highest BCUT2D eigenvalue weighted by Gasteiger charge is 2.16. The van der Waals surface area contributed by atoms with Gasteiger partial charge in [0, 0.05) is 26.0 Å². The zero-order valence-electron chi connectivity index (χ0n) is 11.0. The van der Waals surface area contributed by atoms with Crippen LogP contribution in [0.3, 0.4) is 0 Å². The molecule has 1 aromatic rings. The first-order chi connectivity index (χ1) is 9.41. The van der Waals surface area contributed by atoms with Crippen molar-refractivity contribution in [3.8, 4) is 0 Å². The molecule has 0 aliphatic carbocycles. The molecule has 0 saturated heterocycles. The Hall–Kier alpha value is -2.19. The number of carbonyl (C=O) groups is 1. The molecule has 1 heterocycles. The van der Waals surface area contributed by atoms with E-state index in [1.54, 1.807) is 12.1 Å². The standard InChI is InChI=1S/C12H14N4O3S/c1-16(2)20(18,19)11-5-3-10(4-6-11)13-7-9-8-14-15-12(9)17/h3-8,13H,1-2H3,(H,15,17)/b9-7+. The van der Waals surface area contributed by atoms with Crippen LogP contribution < -0.4 is 10.7 Å². The minimum absolute atomic E-state index is 0.209. The molecule has 0 aromatic heterocycles. The highest BCUT2D eigenvalue weighted by molar-refractivity contribution is 7.89. The molecule has 0 radical (unpaired) electrons. The van der Waals surface area contributed by atoms with Gasteiger partial charge >= 0.3 is 0 Å². The number of hydrazone groups is 1. The van der Waals surface area contributed by atoms with Crippen molar-refractivity contribution < 1.29 is 13.2 Å². The van der Waals surface area contributed by atoms with Gasteiger partial charge in [-0.25, -0.2) is 18.1 Å². The van der Waals surface area contributed by atoms with Crippen molar-refractivity contribution in [2.45, 2.75) is 4.90 Å². The van der Waals surface area contributed by atoms with Crippen molar-refractivity contribution in [1.29, 1.82) is 0 Å². The third kappa shape index (κ3) is 2.86. The Morgan fingerprint density at radius 3 is 2.40 bits per heavy atom. The number of nitrogens with one attached hydrogen (secondary N) is 2. The average Bonchev–Trinajstić information content (AvgIpc) is 2.82. The molecule has 8 heteroatoms. The largest absolute Gasteiger partial charge is 0.361 e. The number of hydrogen-bond donors (Lipinski definition) is 2. The molecule has 106 valence electrons. The van der Waals surface area contributed by atoms with Gasteiger partial charge in [0.25, 0.3) is 5.91 Å². The summed E-state index contributed by atoms with van der Waals surface area (Å²) in [7, 11) is -0.476. The Balaban J connectivity index is 2.14. The van der Waals surface area contributed by atoms with E-state index in [1.807, 2.05) is 0 Å². The summed E-state index contributed by atoms with van der Waals surface area (Å²) in [6.07, 6.45) is 2.90. The van der Waals surface area contributed by atoms with Crippen molar-refractivity contribution in [2.24, 2.45) is 5.10 Å². The first-order valence-electron chi connectivity index (χ1n) is 5.74. The molecule has 1 aliphatic rings. The van der Waals surface area contributed by atoms with E-state index in [-0.39, 0.29) is 10.8 Å². The van der Waals surface area contributed by atoms with Crippen LogP contribution in [-0.4, -0.2) is 38.9 Å². The Morgan fingerprint density at radius 2 is 1.90 bits per heavy atom. The fraction of sp³-hybridized carbons (Fsp3) is 0.167. The van der Waals surface area contributed by atoms with E-state index in [9.17, 15) is 13.2 Å². The highest BCUT2D eigenvalue weighted by atomic mass is 32.2. The second kappa shape index (κ2) is 5.43. The van der Waals surface area contributed by atoms with E-state index >= 15 is 0 Å². The monoisotopic (exact) mass is 294 g/mol. The van der Waals surface area contributed by atoms with Crippen molar-refractivity contribution in [3.63, 3.8) is 0 Å². The second-order valence-electron chi connectivity index (χ2n) is 4.25. The lowest BCUT2D eigenvalue weighted by molar-refractivity contribution is -0.116. The zero-order chi connectivity index (χ0) is 14.8. The molecule has 2 N–H and O–H groups in total. The quantitative estimate of drug-likeness (QED) is 0.784. The van der Waals surface area contributed by atoms with E-state index in [0.29, 0.717) is 11.3 Å². The molecule has 1 aliphatic heterocycles. The van der Waals surface area contributed by atoms with E-state index < -0.39 is 10.0 Å². The third-order valence-electron chi connectivity index (χ3n) is 2.66. The van der Waals surface area contributed by atoms with Gasteiger partial charge in [-0.2, -0.15) is 5.10 Å². The van der Waals surface area contributed by atoms with Gasteiger partial charge in [0.05, 0.1) is 16.7 Å². The molecule has 0 saturated carbocycles. The summed E-state index contributed by atoms with van der Waals surface area (Å²) in [4.78, 5) is 11.4. The topological polar surface area (TPSA) is 90.9 Å². The first-order valence-corrected chi connectivity index (χ1v) is 7.18. The van der Waals surface area contributed by atoms with Gasteiger partial charge in [-0.15, -0.1) is 0 Å². The molecule has 2 rings (SSSR count). The summed E-state index contributed by atoms with van der Waals surface area (Å²) < 4.78 is 24.9. The van der Waals surface area contributed by atoms with Gasteiger partial charge < -0.3 is 5.32 Å². The SMILES string of the molecule is CN(C)S(=O)(=O)c1ccc(N/C=C2\C=NNC2=O)cc1. The van der Waals surface area contributed by atoms with Crippen LogP contribution >= 0.6 is 0 Å². The van der Waals surface area contributed by atoms with Gasteiger partial charge in [0.2, 0.25) is 10.0 Å². The fourth-order valence-electron chi connectivity index (χ4n) is 1.48. The summed E-state index contributed by atoms with van der Waals surface area (Å²) in [5.74, 6) is -0.288. The molecule has 0 fully saturated rings. The zero-order valence-corrected chi connectivity index (χ0v) is 11.8. The van der Waals surface area contributed by atoms with Crippen LogP contribution in [-0.2, 0) is 14.8 Å². The summed E-state index contributed by atoms with van der Waals surface area (Å²) in [6.45, 7) is 0. The number of nitrogens with zero attached hydrogens (tertiary/aromatic N) is 2. The molecular weight excluding hydrogens is 280 g/mol. The number of sulfonamides is 1. The van der Waals surface area contributed by atoms with E-state index in [1.165, 1.54) is 38.6 Å². The second-order valence-corrected chi connectivity index (χ2v) is 6.41. The van der Waals surface area contributed by atoms with Crippen molar-refractivity contribution in [1.82, 2.24) is 9.73 Å². The molecule has 1 amide bonds. The van der Waals surface area contributed by atoms with Crippen LogP contribution in [0, 0.1) is 0 Å². The molecule has 1 aromatic carbocycles. The Labute approximate surface area is 117 Å². The maximum atomic E-state index is 11.9. The summed E-state index contributed by atoms with van der Waals surface area (Å²) in [5.41, 5.74) is 3.35. The maximum Gasteiger partial charge on any atom is 0.274 e. The summed E-state index contributed by atoms with van der Waals surface area (Å²) >= 11 is 0. The predicted molar refractivity (Wildman–Crippen MR) is 75.7 cm³/mol. The van der Waals surface area contributed by atoms with Crippen LogP contribution in [0.4, 0.5) is 5.69 Å². The maximum absolute atomic E-state index is 11.9. The summed E-state index contributed by atoms with van der Waals surface area (Å²) in [6, 6.07) is 6.24. The lowest BCUT2D eigenvalue weighted by Gasteiger charge is -2.11. The van der Waals surface area contributed by atoms with Crippen LogP contribution in [0.15, 0.2) is 46.0 Å². The minimum atomic E-state index is -3.43. The van der Waals surface area contributed by atoms with Gasteiger partial charge in [0.15, 0.2) is 0 Å². The van der Waals surface area contributed by atoms with Crippen LogP contribution in [0.25, 0.3) is 0 Å². The van der Waals surface area contributed by atoms with E-state index in [4.69, 9.17) is 0 Å².